The lowest BCUT2D eigenvalue weighted by molar-refractivity contribution is -0.153. The van der Waals surface area contributed by atoms with Gasteiger partial charge in [0.1, 0.15) is 22.5 Å². The second kappa shape index (κ2) is 8.37. The maximum Gasteiger partial charge on any atom is 0.422 e. The third-order valence-electron chi connectivity index (χ3n) is 8.42. The molecular weight excluding hydrogens is 503 g/mol. The number of amides is 2. The predicted octanol–water partition coefficient (Wildman–Crippen LogP) is 2.66. The molecule has 198 valence electrons. The summed E-state index contributed by atoms with van der Waals surface area (Å²) in [4.78, 5) is 30.0. The average molecular weight is 528 g/mol. The van der Waals surface area contributed by atoms with Gasteiger partial charge in [0.25, 0.3) is 11.8 Å². The van der Waals surface area contributed by atoms with Crippen molar-refractivity contribution in [2.45, 2.75) is 24.9 Å². The van der Waals surface area contributed by atoms with Crippen molar-refractivity contribution >= 4 is 22.8 Å². The highest BCUT2D eigenvalue weighted by Gasteiger charge is 2.59. The minimum absolute atomic E-state index is 0.00177. The molecule has 2 aliphatic heterocycles. The lowest BCUT2D eigenvalue weighted by Crippen LogP contribution is -2.44. The quantitative estimate of drug-likeness (QED) is 0.542. The van der Waals surface area contributed by atoms with Gasteiger partial charge in [-0.15, -0.1) is 5.10 Å². The van der Waals surface area contributed by atoms with Crippen LogP contribution < -0.4 is 4.74 Å². The molecule has 0 unspecified atom stereocenters. The normalized spacial score (nSPS) is 26.3. The first-order chi connectivity index (χ1) is 18.2. The van der Waals surface area contributed by atoms with E-state index < -0.39 is 12.8 Å². The molecule has 7 rings (SSSR count). The Morgan fingerprint density at radius 1 is 0.895 bits per heavy atom. The van der Waals surface area contributed by atoms with Crippen LogP contribution in [0.15, 0.2) is 24.3 Å². The van der Waals surface area contributed by atoms with Crippen LogP contribution in [0.5, 0.6) is 5.75 Å². The van der Waals surface area contributed by atoms with E-state index in [9.17, 15) is 22.8 Å². The number of rotatable bonds is 5. The van der Waals surface area contributed by atoms with Crippen molar-refractivity contribution in [3.05, 3.63) is 41.2 Å². The van der Waals surface area contributed by atoms with Gasteiger partial charge in [-0.2, -0.15) is 33.7 Å². The van der Waals surface area contributed by atoms with Gasteiger partial charge < -0.3 is 14.5 Å². The zero-order valence-electron chi connectivity index (χ0n) is 20.2. The number of hydrogen-bond donors (Lipinski definition) is 1. The molecule has 2 saturated heterocycles. The number of likely N-dealkylation sites (tertiary alicyclic amines) is 2. The van der Waals surface area contributed by atoms with Crippen LogP contribution in [0.1, 0.15) is 45.3 Å². The highest BCUT2D eigenvalue weighted by atomic mass is 19.4. The number of halogens is 3. The van der Waals surface area contributed by atoms with Crippen molar-refractivity contribution in [2.75, 3.05) is 32.8 Å². The largest absolute Gasteiger partial charge is 0.482 e. The maximum atomic E-state index is 13.2. The van der Waals surface area contributed by atoms with Crippen molar-refractivity contribution in [1.29, 1.82) is 0 Å². The number of nitrogens with zero attached hydrogens (tertiary/aromatic N) is 6. The molecule has 3 aromatic rings. The van der Waals surface area contributed by atoms with E-state index in [1.165, 1.54) is 6.07 Å². The molecule has 0 bridgehead atoms. The van der Waals surface area contributed by atoms with Gasteiger partial charge in [-0.3, -0.25) is 9.59 Å². The van der Waals surface area contributed by atoms with Gasteiger partial charge in [0.2, 0.25) is 0 Å². The highest BCUT2D eigenvalue weighted by molar-refractivity contribution is 5.97. The van der Waals surface area contributed by atoms with E-state index in [1.54, 1.807) is 23.1 Å². The third kappa shape index (κ3) is 3.95. The predicted molar refractivity (Wildman–Crippen MR) is 125 cm³/mol. The topological polar surface area (TPSA) is 117 Å². The van der Waals surface area contributed by atoms with Crippen LogP contribution in [0.2, 0.25) is 0 Å². The summed E-state index contributed by atoms with van der Waals surface area (Å²) in [5.41, 5.74) is 2.30. The Kier molecular flexibility index (Phi) is 5.14. The van der Waals surface area contributed by atoms with Crippen LogP contribution >= 0.6 is 0 Å². The first kappa shape index (κ1) is 23.4. The molecule has 4 fully saturated rings. The molecule has 0 radical (unpaired) electrons. The summed E-state index contributed by atoms with van der Waals surface area (Å²) in [5.74, 6) is 0.809. The Hall–Kier alpha value is -3.77. The van der Waals surface area contributed by atoms with Crippen LogP contribution in [0, 0.1) is 23.7 Å². The van der Waals surface area contributed by atoms with Crippen LogP contribution in [0.25, 0.3) is 11.0 Å². The number of aromatic nitrogens is 5. The number of aromatic amines is 1. The smallest absolute Gasteiger partial charge is 0.422 e. The van der Waals surface area contributed by atoms with Gasteiger partial charge >= 0.3 is 6.18 Å². The number of benzene rings is 1. The summed E-state index contributed by atoms with van der Waals surface area (Å²) in [6.45, 7) is 0.888. The van der Waals surface area contributed by atoms with Crippen LogP contribution in [-0.2, 0) is 0 Å². The fraction of sp³-hybridized carbons (Fsp3) is 0.520. The fourth-order valence-electron chi connectivity index (χ4n) is 6.43. The van der Waals surface area contributed by atoms with E-state index in [0.717, 1.165) is 12.8 Å². The van der Waals surface area contributed by atoms with Gasteiger partial charge in [-0.25, -0.2) is 0 Å². The van der Waals surface area contributed by atoms with Gasteiger partial charge in [0.05, 0.1) is 0 Å². The molecule has 4 atom stereocenters. The molecule has 13 heteroatoms. The Morgan fingerprint density at radius 2 is 1.53 bits per heavy atom. The number of carbonyl (C=O) groups excluding carboxylic acids is 2. The van der Waals surface area contributed by atoms with Crippen molar-refractivity contribution < 1.29 is 27.5 Å². The van der Waals surface area contributed by atoms with E-state index in [0.29, 0.717) is 60.3 Å². The number of hydrogen-bond acceptors (Lipinski definition) is 7. The maximum absolute atomic E-state index is 13.2. The summed E-state index contributed by atoms with van der Waals surface area (Å²) in [6, 6.07) is 6.58. The van der Waals surface area contributed by atoms with E-state index in [4.69, 9.17) is 4.74 Å². The zero-order valence-corrected chi connectivity index (χ0v) is 20.2. The summed E-state index contributed by atoms with van der Waals surface area (Å²) in [7, 11) is 0. The first-order valence-corrected chi connectivity index (χ1v) is 12.7. The number of alkyl halides is 3. The van der Waals surface area contributed by atoms with E-state index >= 15 is 0 Å². The molecule has 2 aromatic heterocycles. The van der Waals surface area contributed by atoms with Gasteiger partial charge in [-0.1, -0.05) is 0 Å². The molecule has 2 saturated carbocycles. The van der Waals surface area contributed by atoms with Gasteiger partial charge in [-0.05, 0) is 54.7 Å². The minimum Gasteiger partial charge on any atom is -0.482 e. The standard InChI is InChI=1S/C25H24F3N7O3/c26-25(27,28)11-38-21-6-20(29-32-22(21)12-1-2-12)24(37)35-9-16-14-7-34(8-15(14)17(16)10-35)23(36)13-3-4-18-19(5-13)31-33-30-18/h3-6,12,14-17H,1-2,7-11H2,(H,30,31,33)/t14-,15+,16+,17-. The second-order valence-corrected chi connectivity index (χ2v) is 10.8. The van der Waals surface area contributed by atoms with Crippen molar-refractivity contribution in [3.63, 3.8) is 0 Å². The van der Waals surface area contributed by atoms with E-state index in [1.807, 2.05) is 4.90 Å². The molecule has 2 aliphatic carbocycles. The van der Waals surface area contributed by atoms with Gasteiger partial charge in [0, 0.05) is 43.7 Å². The Bertz CT molecular complexity index is 1420. The summed E-state index contributed by atoms with van der Waals surface area (Å²) in [6.07, 6.45) is -2.85. The second-order valence-electron chi connectivity index (χ2n) is 10.8. The molecule has 10 nitrogen and oxygen atoms in total. The number of fused-ring (bicyclic) bond motifs is 5. The van der Waals surface area contributed by atoms with Gasteiger partial charge in [0.15, 0.2) is 12.3 Å². The number of ether oxygens (including phenoxy) is 1. The summed E-state index contributed by atoms with van der Waals surface area (Å²) < 4.78 is 43.3. The number of carbonyl (C=O) groups is 2. The lowest BCUT2D eigenvalue weighted by atomic mass is 9.60. The highest BCUT2D eigenvalue weighted by Crippen LogP contribution is 2.54. The molecule has 38 heavy (non-hydrogen) atoms. The van der Waals surface area contributed by atoms with E-state index in [2.05, 4.69) is 25.6 Å². The Morgan fingerprint density at radius 3 is 2.16 bits per heavy atom. The summed E-state index contributed by atoms with van der Waals surface area (Å²) in [5, 5.41) is 18.8. The van der Waals surface area contributed by atoms with Crippen LogP contribution in [0.4, 0.5) is 13.2 Å². The Labute approximate surface area is 214 Å². The number of H-pyrrole nitrogens is 1. The minimum atomic E-state index is -4.49. The molecule has 2 amide bonds. The number of nitrogens with one attached hydrogen (secondary N) is 1. The summed E-state index contributed by atoms with van der Waals surface area (Å²) >= 11 is 0. The molecule has 1 N–H and O–H groups in total. The molecule has 4 aliphatic rings. The van der Waals surface area contributed by atoms with E-state index in [-0.39, 0.29) is 41.0 Å². The van der Waals surface area contributed by atoms with Crippen LogP contribution in [0.3, 0.4) is 0 Å². The SMILES string of the molecule is O=C(c1ccc2n[nH]nc2c1)N1C[C@@H]2[C@H](C1)[C@H]1CN(C(=O)c3cc(OCC(F)(F)F)c(C4CC4)nn3)C[C@@H]21. The molecule has 4 heterocycles. The molecule has 0 spiro atoms. The lowest BCUT2D eigenvalue weighted by Gasteiger charge is -2.42. The zero-order chi connectivity index (χ0) is 26.2. The van der Waals surface area contributed by atoms with Crippen molar-refractivity contribution in [2.24, 2.45) is 23.7 Å². The average Bonchev–Trinajstić information content (AvgIpc) is 3.32. The molecule has 1 aromatic carbocycles. The van der Waals surface area contributed by atoms with Crippen LogP contribution in [-0.4, -0.2) is 86.2 Å². The Balaban J connectivity index is 1.02. The molecular formula is C25H24F3N7O3. The fourth-order valence-corrected chi connectivity index (χ4v) is 6.43. The third-order valence-corrected chi connectivity index (χ3v) is 8.42. The van der Waals surface area contributed by atoms with Crippen molar-refractivity contribution in [3.8, 4) is 5.75 Å². The van der Waals surface area contributed by atoms with Crippen molar-refractivity contribution in [1.82, 2.24) is 35.4 Å². The monoisotopic (exact) mass is 527 g/mol. The first-order valence-electron chi connectivity index (χ1n) is 12.7.